The van der Waals surface area contributed by atoms with Gasteiger partial charge >= 0.3 is 0 Å². The van der Waals surface area contributed by atoms with Crippen LogP contribution in [0.15, 0.2) is 17.6 Å². The molecule has 2 aliphatic heterocycles. The molecule has 2 heterocycles. The monoisotopic (exact) mass is 515 g/mol. The molecule has 6 nitrogen and oxygen atoms in total. The molecular weight excluding hydrogens is 471 g/mol. The topological polar surface area (TPSA) is 58.5 Å². The molecule has 0 spiro atoms. The van der Waals surface area contributed by atoms with Gasteiger partial charge in [0.1, 0.15) is 23.9 Å². The maximum atomic E-state index is 6.93. The van der Waals surface area contributed by atoms with Gasteiger partial charge in [-0.1, -0.05) is 47.6 Å². The zero-order valence-electron chi connectivity index (χ0n) is 22.7. The van der Waals surface area contributed by atoms with Gasteiger partial charge in [0.15, 0.2) is 28.7 Å². The first-order chi connectivity index (χ1) is 14.7. The Hall–Kier alpha value is -0.226. The van der Waals surface area contributed by atoms with Crippen LogP contribution >= 0.6 is 12.2 Å². The molecule has 0 aliphatic carbocycles. The Balaban J connectivity index is 2.49. The van der Waals surface area contributed by atoms with Gasteiger partial charge < -0.3 is 23.1 Å². The molecule has 2 aliphatic rings. The predicted octanol–water partition coefficient (Wildman–Crippen LogP) is 6.30. The Morgan fingerprint density at radius 1 is 1.03 bits per heavy atom. The van der Waals surface area contributed by atoms with Gasteiger partial charge in [0, 0.05) is 0 Å². The molecule has 0 saturated carbocycles. The van der Waals surface area contributed by atoms with Crippen molar-refractivity contribution in [1.29, 1.82) is 0 Å². The van der Waals surface area contributed by atoms with Crippen molar-refractivity contribution in [2.24, 2.45) is 4.99 Å². The summed E-state index contributed by atoms with van der Waals surface area (Å²) in [6.45, 7) is 30.3. The SMILES string of the molecule is C=C[C@](CO[Si](C)(C)C(C)(C)C)(N=C=S)[C@H]1O[C@@H]2OC(C)(C)O[C@@H]2[C@H]1O[Si](C)(C)C(C)(C)C. The molecule has 0 unspecified atom stereocenters. The van der Waals surface area contributed by atoms with Crippen molar-refractivity contribution in [3.05, 3.63) is 12.7 Å². The predicted molar refractivity (Wildman–Crippen MR) is 142 cm³/mol. The summed E-state index contributed by atoms with van der Waals surface area (Å²) in [5.41, 5.74) is -0.967. The lowest BCUT2D eigenvalue weighted by Crippen LogP contribution is -2.57. The number of nitrogens with zero attached hydrogens (tertiary/aromatic N) is 1. The third kappa shape index (κ3) is 5.96. The van der Waals surface area contributed by atoms with Gasteiger partial charge in [0.2, 0.25) is 0 Å². The molecule has 0 aromatic carbocycles. The highest BCUT2D eigenvalue weighted by Gasteiger charge is 2.62. The fraction of sp³-hybridized carbons (Fsp3) is 0.875. The lowest BCUT2D eigenvalue weighted by molar-refractivity contribution is -0.220. The third-order valence-corrected chi connectivity index (χ3v) is 16.8. The van der Waals surface area contributed by atoms with E-state index in [1.807, 2.05) is 13.8 Å². The van der Waals surface area contributed by atoms with Crippen LogP contribution in [-0.4, -0.2) is 64.3 Å². The van der Waals surface area contributed by atoms with E-state index in [4.69, 9.17) is 35.3 Å². The molecule has 2 saturated heterocycles. The van der Waals surface area contributed by atoms with Crippen molar-refractivity contribution in [1.82, 2.24) is 0 Å². The zero-order valence-corrected chi connectivity index (χ0v) is 25.5. The first-order valence-corrected chi connectivity index (χ1v) is 18.0. The van der Waals surface area contributed by atoms with Crippen LogP contribution in [0.4, 0.5) is 0 Å². The van der Waals surface area contributed by atoms with E-state index in [0.717, 1.165) is 0 Å². The number of thiocarbonyl (C=S) groups is 1. The van der Waals surface area contributed by atoms with E-state index in [-0.39, 0.29) is 22.8 Å². The van der Waals surface area contributed by atoms with Crippen molar-refractivity contribution < 1.29 is 23.1 Å². The van der Waals surface area contributed by atoms with Gasteiger partial charge in [-0.25, -0.2) is 4.99 Å². The molecule has 0 aromatic rings. The summed E-state index contributed by atoms with van der Waals surface area (Å²) in [5.74, 6) is -0.753. The van der Waals surface area contributed by atoms with Gasteiger partial charge in [0.25, 0.3) is 0 Å². The smallest absolute Gasteiger partial charge is 0.192 e. The number of hydrogen-bond donors (Lipinski definition) is 0. The second kappa shape index (κ2) is 9.34. The van der Waals surface area contributed by atoms with Crippen molar-refractivity contribution in [3.63, 3.8) is 0 Å². The van der Waals surface area contributed by atoms with E-state index < -0.39 is 46.5 Å². The molecule has 0 radical (unpaired) electrons. The van der Waals surface area contributed by atoms with Crippen molar-refractivity contribution in [3.8, 4) is 0 Å². The summed E-state index contributed by atoms with van der Waals surface area (Å²) in [7, 11) is -4.27. The minimum absolute atomic E-state index is 0.00645. The molecule has 190 valence electrons. The largest absolute Gasteiger partial charge is 0.414 e. The lowest BCUT2D eigenvalue weighted by atomic mass is 9.89. The normalized spacial score (nSPS) is 29.8. The summed E-state index contributed by atoms with van der Waals surface area (Å²) < 4.78 is 32.4. The van der Waals surface area contributed by atoms with E-state index in [9.17, 15) is 0 Å². The van der Waals surface area contributed by atoms with Crippen LogP contribution in [-0.2, 0) is 23.1 Å². The van der Waals surface area contributed by atoms with E-state index in [1.165, 1.54) is 0 Å². The molecule has 0 amide bonds. The van der Waals surface area contributed by atoms with Gasteiger partial charge in [-0.2, -0.15) is 0 Å². The summed E-state index contributed by atoms with van der Waals surface area (Å²) in [6.07, 6.45) is -0.127. The third-order valence-electron chi connectivity index (χ3n) is 7.80. The number of fused-ring (bicyclic) bond motifs is 1. The highest BCUT2D eigenvalue weighted by Crippen LogP contribution is 2.47. The second-order valence-electron chi connectivity index (χ2n) is 12.8. The molecule has 0 N–H and O–H groups in total. The average Bonchev–Trinajstić information content (AvgIpc) is 3.09. The maximum Gasteiger partial charge on any atom is 0.192 e. The first-order valence-electron chi connectivity index (χ1n) is 11.8. The molecular formula is C24H45NO5SSi2. The van der Waals surface area contributed by atoms with Crippen LogP contribution in [0.5, 0.6) is 0 Å². The average molecular weight is 516 g/mol. The Morgan fingerprint density at radius 3 is 2.03 bits per heavy atom. The van der Waals surface area contributed by atoms with Crippen molar-refractivity contribution in [2.45, 2.75) is 128 Å². The van der Waals surface area contributed by atoms with Crippen LogP contribution in [0, 0.1) is 0 Å². The van der Waals surface area contributed by atoms with E-state index in [2.05, 4.69) is 84.5 Å². The highest BCUT2D eigenvalue weighted by molar-refractivity contribution is 7.78. The molecule has 2 rings (SSSR count). The van der Waals surface area contributed by atoms with E-state index in [1.54, 1.807) is 6.08 Å². The minimum atomic E-state index is -2.19. The fourth-order valence-corrected chi connectivity index (χ4v) is 6.01. The fourth-order valence-electron chi connectivity index (χ4n) is 3.52. The maximum absolute atomic E-state index is 6.93. The Labute approximate surface area is 208 Å². The zero-order chi connectivity index (χ0) is 25.7. The van der Waals surface area contributed by atoms with Crippen molar-refractivity contribution in [2.75, 3.05) is 6.61 Å². The number of ether oxygens (including phenoxy) is 3. The van der Waals surface area contributed by atoms with Gasteiger partial charge in [-0.3, -0.25) is 0 Å². The van der Waals surface area contributed by atoms with Crippen LogP contribution in [0.1, 0.15) is 55.4 Å². The van der Waals surface area contributed by atoms with Crippen LogP contribution in [0.25, 0.3) is 0 Å². The summed E-state index contributed by atoms with van der Waals surface area (Å²) >= 11 is 5.07. The van der Waals surface area contributed by atoms with Gasteiger partial charge in [-0.15, -0.1) is 6.58 Å². The molecule has 0 bridgehead atoms. The Bertz CT molecular complexity index is 783. The molecule has 9 heteroatoms. The summed E-state index contributed by atoms with van der Waals surface area (Å²) in [6, 6.07) is 0. The van der Waals surface area contributed by atoms with Crippen LogP contribution in [0.2, 0.25) is 36.3 Å². The Morgan fingerprint density at radius 2 is 1.58 bits per heavy atom. The molecule has 5 atom stereocenters. The standard InChI is InChI=1S/C24H45NO5SSi2/c1-14-24(25-16-31,15-26-32(10,11)21(2,3)4)19-17(30-33(12,13)22(5,6)7)18-20(27-19)29-23(8,9)28-18/h14,17-20H,1,15H2,2-13H3/t17-,18-,19+,20-,24-/m1/s1. The molecule has 33 heavy (non-hydrogen) atoms. The number of aliphatic imine (C=N–C) groups is 1. The molecule has 2 fully saturated rings. The molecule has 0 aromatic heterocycles. The van der Waals surface area contributed by atoms with Crippen LogP contribution in [0.3, 0.4) is 0 Å². The highest BCUT2D eigenvalue weighted by atomic mass is 32.1. The van der Waals surface area contributed by atoms with Crippen molar-refractivity contribution >= 4 is 34.0 Å². The van der Waals surface area contributed by atoms with Crippen LogP contribution < -0.4 is 0 Å². The number of rotatable bonds is 8. The number of hydrogen-bond acceptors (Lipinski definition) is 7. The van der Waals surface area contributed by atoms with Gasteiger partial charge in [-0.05, 0) is 62.3 Å². The lowest BCUT2D eigenvalue weighted by Gasteiger charge is -2.44. The second-order valence-corrected chi connectivity index (χ2v) is 22.6. The van der Waals surface area contributed by atoms with Gasteiger partial charge in [0.05, 0.1) is 11.8 Å². The quantitative estimate of drug-likeness (QED) is 0.164. The van der Waals surface area contributed by atoms with E-state index in [0.29, 0.717) is 0 Å². The van der Waals surface area contributed by atoms with E-state index >= 15 is 0 Å². The Kier molecular flexibility index (Phi) is 8.21. The minimum Gasteiger partial charge on any atom is -0.414 e. The summed E-state index contributed by atoms with van der Waals surface area (Å²) in [5, 5.41) is 2.62. The first kappa shape index (κ1) is 29.0. The summed E-state index contributed by atoms with van der Waals surface area (Å²) in [4.78, 5) is 4.59. The number of isothiocyanates is 1.